The fourth-order valence-electron chi connectivity index (χ4n) is 0. The molecule has 0 N–H and O–H groups in total. The third-order valence-corrected chi connectivity index (χ3v) is 1.50. The summed E-state index contributed by atoms with van der Waals surface area (Å²) in [5.41, 5.74) is 0. The number of rotatable bonds is 1. The number of hydrogen-bond acceptors (Lipinski definition) is 0. The van der Waals surface area contributed by atoms with Gasteiger partial charge in [-0.1, -0.05) is 0 Å². The molecule has 0 bridgehead atoms. The van der Waals surface area contributed by atoms with Crippen molar-refractivity contribution >= 4 is 16.9 Å². The molecule has 0 aliphatic rings. The molecule has 0 aliphatic heterocycles. The van der Waals surface area contributed by atoms with Crippen LogP contribution >= 0.6 is 0 Å². The van der Waals surface area contributed by atoms with Gasteiger partial charge in [0.05, 0.1) is 0 Å². The van der Waals surface area contributed by atoms with Crippen molar-refractivity contribution in [2.75, 3.05) is 0 Å². The molecule has 0 aromatic heterocycles. The summed E-state index contributed by atoms with van der Waals surface area (Å²) in [6.07, 6.45) is 1.35. The standard InChI is InChI=1S/C3H9As/c1-2-3-4/h2-4H2,1H3. The summed E-state index contributed by atoms with van der Waals surface area (Å²) >= 11 is 1.82. The molecule has 1 heteroatoms. The maximum absolute atomic E-state index is 2.20. The fraction of sp³-hybridized carbons (Fsp3) is 1.00. The minimum absolute atomic E-state index is 1.35. The Kier molecular flexibility index (Phi) is 4.06. The maximum atomic E-state index is 2.20. The molecule has 4 heavy (non-hydrogen) atoms. The summed E-state index contributed by atoms with van der Waals surface area (Å²) in [5.74, 6) is 0. The average molecular weight is 120 g/mol. The van der Waals surface area contributed by atoms with Crippen LogP contribution in [0.5, 0.6) is 0 Å². The first-order valence-corrected chi connectivity index (χ1v) is 3.33. The van der Waals surface area contributed by atoms with Gasteiger partial charge in [-0.15, -0.1) is 0 Å². The Morgan fingerprint density at radius 2 is 2.00 bits per heavy atom. The third kappa shape index (κ3) is 2.56. The SMILES string of the molecule is CCC[AsH2]. The Morgan fingerprint density at radius 1 is 1.75 bits per heavy atom. The average Bonchev–Trinajstić information content (AvgIpc) is 1.37. The Hall–Kier alpha value is 0.558. The van der Waals surface area contributed by atoms with Gasteiger partial charge in [-0.2, -0.15) is 0 Å². The first-order valence-electron chi connectivity index (χ1n) is 1.62. The van der Waals surface area contributed by atoms with Crippen molar-refractivity contribution < 1.29 is 0 Å². The molecule has 1 unspecified atom stereocenters. The van der Waals surface area contributed by atoms with Crippen molar-refractivity contribution in [3.63, 3.8) is 0 Å². The van der Waals surface area contributed by atoms with Crippen LogP contribution in [0.2, 0.25) is 5.21 Å². The molecular weight excluding hydrogens is 111 g/mol. The van der Waals surface area contributed by atoms with E-state index in [2.05, 4.69) is 6.92 Å². The summed E-state index contributed by atoms with van der Waals surface area (Å²) in [4.78, 5) is 0. The molecule has 0 aliphatic carbocycles. The zero-order chi connectivity index (χ0) is 3.41. The molecule has 0 aromatic rings. The van der Waals surface area contributed by atoms with Crippen molar-refractivity contribution in [2.24, 2.45) is 0 Å². The van der Waals surface area contributed by atoms with E-state index in [0.29, 0.717) is 0 Å². The van der Waals surface area contributed by atoms with Gasteiger partial charge in [-0.25, -0.2) is 0 Å². The Balaban J connectivity index is 1.97. The quantitative estimate of drug-likeness (QED) is 0.440. The van der Waals surface area contributed by atoms with E-state index in [9.17, 15) is 0 Å². The Labute approximate surface area is 36.1 Å². The molecule has 0 heterocycles. The van der Waals surface area contributed by atoms with Crippen LogP contribution in [0.15, 0.2) is 0 Å². The zero-order valence-corrected chi connectivity index (χ0v) is 5.41. The van der Waals surface area contributed by atoms with E-state index < -0.39 is 0 Å². The fourth-order valence-corrected chi connectivity index (χ4v) is 0. The second kappa shape index (κ2) is 3.56. The predicted octanol–water partition coefficient (Wildman–Crippen LogP) is 0.448. The second-order valence-electron chi connectivity index (χ2n) is 0.789. The molecule has 0 nitrogen and oxygen atoms in total. The van der Waals surface area contributed by atoms with Crippen LogP contribution in [-0.2, 0) is 0 Å². The summed E-state index contributed by atoms with van der Waals surface area (Å²) in [7, 11) is 0. The van der Waals surface area contributed by atoms with Crippen LogP contribution in [0.4, 0.5) is 0 Å². The molecule has 0 fully saturated rings. The van der Waals surface area contributed by atoms with E-state index in [1.165, 1.54) is 11.6 Å². The van der Waals surface area contributed by atoms with Gasteiger partial charge in [0.1, 0.15) is 0 Å². The van der Waals surface area contributed by atoms with Gasteiger partial charge in [0, 0.05) is 0 Å². The van der Waals surface area contributed by atoms with Crippen LogP contribution in [-0.4, -0.2) is 16.9 Å². The zero-order valence-electron chi connectivity index (χ0n) is 2.99. The van der Waals surface area contributed by atoms with Crippen LogP contribution in [0.25, 0.3) is 0 Å². The third-order valence-electron chi connectivity index (χ3n) is 0.289. The van der Waals surface area contributed by atoms with Crippen molar-refractivity contribution in [3.8, 4) is 0 Å². The Bertz CT molecular complexity index is 5.25. The van der Waals surface area contributed by atoms with Gasteiger partial charge in [0.25, 0.3) is 0 Å². The van der Waals surface area contributed by atoms with Crippen molar-refractivity contribution in [1.82, 2.24) is 0 Å². The number of hydrogen-bond donors (Lipinski definition) is 0. The summed E-state index contributed by atoms with van der Waals surface area (Å²) in [5, 5.41) is 1.38. The second-order valence-corrected chi connectivity index (χ2v) is 2.00. The predicted molar refractivity (Wildman–Crippen MR) is 23.6 cm³/mol. The van der Waals surface area contributed by atoms with Crippen molar-refractivity contribution in [2.45, 2.75) is 18.6 Å². The molecule has 0 saturated carbocycles. The van der Waals surface area contributed by atoms with E-state index in [0.717, 1.165) is 0 Å². The van der Waals surface area contributed by atoms with Crippen LogP contribution in [0.1, 0.15) is 13.3 Å². The van der Waals surface area contributed by atoms with E-state index >= 15 is 0 Å². The molecule has 26 valence electrons. The molecule has 0 saturated heterocycles. The summed E-state index contributed by atoms with van der Waals surface area (Å²) < 4.78 is 0. The van der Waals surface area contributed by atoms with E-state index in [1.807, 2.05) is 16.9 Å². The van der Waals surface area contributed by atoms with Gasteiger partial charge in [-0.05, 0) is 0 Å². The first kappa shape index (κ1) is 4.56. The van der Waals surface area contributed by atoms with Gasteiger partial charge in [0.15, 0.2) is 0 Å². The van der Waals surface area contributed by atoms with Crippen molar-refractivity contribution in [1.29, 1.82) is 0 Å². The van der Waals surface area contributed by atoms with Gasteiger partial charge in [-0.3, -0.25) is 0 Å². The Morgan fingerprint density at radius 3 is 2.00 bits per heavy atom. The van der Waals surface area contributed by atoms with E-state index in [-0.39, 0.29) is 0 Å². The van der Waals surface area contributed by atoms with Gasteiger partial charge >= 0.3 is 35.4 Å². The molecule has 0 spiro atoms. The normalized spacial score (nSPS) is 7.50. The van der Waals surface area contributed by atoms with Crippen LogP contribution in [0.3, 0.4) is 0 Å². The van der Waals surface area contributed by atoms with Crippen molar-refractivity contribution in [3.05, 3.63) is 0 Å². The molecular formula is C3H9As. The van der Waals surface area contributed by atoms with Crippen LogP contribution < -0.4 is 0 Å². The molecule has 0 amide bonds. The monoisotopic (exact) mass is 120 g/mol. The van der Waals surface area contributed by atoms with Gasteiger partial charge < -0.3 is 0 Å². The summed E-state index contributed by atoms with van der Waals surface area (Å²) in [6, 6.07) is 0. The minimum atomic E-state index is 1.35. The molecule has 0 rings (SSSR count). The van der Waals surface area contributed by atoms with Crippen LogP contribution in [0, 0.1) is 0 Å². The van der Waals surface area contributed by atoms with Gasteiger partial charge in [0.2, 0.25) is 0 Å². The van der Waals surface area contributed by atoms with E-state index in [4.69, 9.17) is 0 Å². The molecule has 0 radical (unpaired) electrons. The first-order chi connectivity index (χ1) is 1.91. The molecule has 1 atom stereocenters. The topological polar surface area (TPSA) is 0 Å². The van der Waals surface area contributed by atoms with E-state index in [1.54, 1.807) is 0 Å². The molecule has 0 aromatic carbocycles. The summed E-state index contributed by atoms with van der Waals surface area (Å²) in [6.45, 7) is 2.20.